The van der Waals surface area contributed by atoms with E-state index in [4.69, 9.17) is 16.3 Å². The molecule has 0 radical (unpaired) electrons. The van der Waals surface area contributed by atoms with Gasteiger partial charge in [-0.25, -0.2) is 4.98 Å². The molecule has 0 spiro atoms. The molecule has 0 aliphatic carbocycles. The Kier molecular flexibility index (Phi) is 3.01. The Morgan fingerprint density at radius 1 is 1.64 bits per heavy atom. The monoisotopic (exact) mass is 212 g/mol. The van der Waals surface area contributed by atoms with Gasteiger partial charge in [-0.2, -0.15) is 0 Å². The average molecular weight is 213 g/mol. The number of nitrogens with one attached hydrogen (secondary N) is 1. The van der Waals surface area contributed by atoms with Crippen LogP contribution in [-0.2, 0) is 24.3 Å². The van der Waals surface area contributed by atoms with Crippen LogP contribution in [0, 0.1) is 0 Å². The molecule has 14 heavy (non-hydrogen) atoms. The van der Waals surface area contributed by atoms with Crippen LogP contribution in [0.5, 0.6) is 0 Å². The third kappa shape index (κ3) is 1.90. The number of ether oxygens (including phenoxy) is 1. The first-order valence-electron chi connectivity index (χ1n) is 4.71. The number of rotatable bonds is 2. The van der Waals surface area contributed by atoms with Gasteiger partial charge in [-0.05, 0) is 25.1 Å². The van der Waals surface area contributed by atoms with E-state index >= 15 is 0 Å². The minimum atomic E-state index is 0.580. The number of pyridine rings is 1. The largest absolute Gasteiger partial charge is 0.376 e. The van der Waals surface area contributed by atoms with E-state index < -0.39 is 0 Å². The molecule has 1 aromatic rings. The molecule has 2 heterocycles. The van der Waals surface area contributed by atoms with Gasteiger partial charge in [0.2, 0.25) is 0 Å². The molecule has 76 valence electrons. The molecule has 4 heteroatoms. The van der Waals surface area contributed by atoms with Gasteiger partial charge < -0.3 is 10.1 Å². The highest BCUT2D eigenvalue weighted by molar-refractivity contribution is 6.29. The third-order valence-corrected chi connectivity index (χ3v) is 2.57. The first-order valence-corrected chi connectivity index (χ1v) is 5.08. The molecule has 0 aromatic carbocycles. The highest BCUT2D eigenvalue weighted by atomic mass is 35.5. The number of nitrogens with zero attached hydrogens (tertiary/aromatic N) is 1. The number of fused-ring (bicyclic) bond motifs is 1. The lowest BCUT2D eigenvalue weighted by Crippen LogP contribution is -2.17. The third-order valence-electron chi connectivity index (χ3n) is 2.38. The number of aromatic nitrogens is 1. The Balaban J connectivity index is 2.41. The molecule has 0 unspecified atom stereocenters. The van der Waals surface area contributed by atoms with Crippen LogP contribution >= 0.6 is 11.6 Å². The van der Waals surface area contributed by atoms with E-state index in [0.717, 1.165) is 25.3 Å². The highest BCUT2D eigenvalue weighted by Crippen LogP contribution is 2.22. The summed E-state index contributed by atoms with van der Waals surface area (Å²) in [6.07, 6.45) is 0.939. The van der Waals surface area contributed by atoms with Crippen LogP contribution in [-0.4, -0.2) is 18.6 Å². The average Bonchev–Trinajstić information content (AvgIpc) is 2.18. The minimum Gasteiger partial charge on any atom is -0.376 e. The van der Waals surface area contributed by atoms with Gasteiger partial charge in [0.05, 0.1) is 18.9 Å². The summed E-state index contributed by atoms with van der Waals surface area (Å²) in [4.78, 5) is 4.30. The second-order valence-corrected chi connectivity index (χ2v) is 3.75. The van der Waals surface area contributed by atoms with Gasteiger partial charge in [0.25, 0.3) is 0 Å². The van der Waals surface area contributed by atoms with Crippen molar-refractivity contribution >= 4 is 11.6 Å². The van der Waals surface area contributed by atoms with Crippen molar-refractivity contribution in [3.8, 4) is 0 Å². The number of halogens is 1. The lowest BCUT2D eigenvalue weighted by molar-refractivity contribution is 0.109. The number of hydrogen-bond donors (Lipinski definition) is 1. The summed E-state index contributed by atoms with van der Waals surface area (Å²) < 4.78 is 5.41. The summed E-state index contributed by atoms with van der Waals surface area (Å²) >= 11 is 5.94. The summed E-state index contributed by atoms with van der Waals surface area (Å²) in [7, 11) is 1.90. The lowest BCUT2D eigenvalue weighted by Gasteiger charge is -2.19. The summed E-state index contributed by atoms with van der Waals surface area (Å²) in [5, 5.41) is 3.66. The first-order chi connectivity index (χ1) is 6.81. The highest BCUT2D eigenvalue weighted by Gasteiger charge is 2.15. The Labute approximate surface area is 88.4 Å². The minimum absolute atomic E-state index is 0.580. The molecular formula is C10H13ClN2O. The van der Waals surface area contributed by atoms with E-state index in [2.05, 4.69) is 10.3 Å². The smallest absolute Gasteiger partial charge is 0.129 e. The standard InChI is InChI=1S/C10H13ClN2O/c1-12-5-9-8-6-14-3-2-7(8)4-10(11)13-9/h4,12H,2-3,5-6H2,1H3. The quantitative estimate of drug-likeness (QED) is 0.755. The molecule has 1 aromatic heterocycles. The van der Waals surface area contributed by atoms with Crippen LogP contribution in [0.15, 0.2) is 6.07 Å². The van der Waals surface area contributed by atoms with Crippen LogP contribution in [0.4, 0.5) is 0 Å². The second-order valence-electron chi connectivity index (χ2n) is 3.36. The Morgan fingerprint density at radius 2 is 2.50 bits per heavy atom. The summed E-state index contributed by atoms with van der Waals surface area (Å²) in [5.74, 6) is 0. The molecule has 0 saturated heterocycles. The van der Waals surface area contributed by atoms with Gasteiger partial charge in [-0.15, -0.1) is 0 Å². The summed E-state index contributed by atoms with van der Waals surface area (Å²) in [6.45, 7) is 2.19. The second kappa shape index (κ2) is 4.26. The topological polar surface area (TPSA) is 34.2 Å². The van der Waals surface area contributed by atoms with Crippen molar-refractivity contribution < 1.29 is 4.74 Å². The normalized spacial score (nSPS) is 15.3. The molecule has 0 amide bonds. The van der Waals surface area contributed by atoms with Crippen LogP contribution < -0.4 is 5.32 Å². The molecule has 3 nitrogen and oxygen atoms in total. The Bertz CT molecular complexity index is 341. The van der Waals surface area contributed by atoms with E-state index in [0.29, 0.717) is 11.8 Å². The zero-order valence-corrected chi connectivity index (χ0v) is 8.90. The van der Waals surface area contributed by atoms with Crippen molar-refractivity contribution in [2.24, 2.45) is 0 Å². The van der Waals surface area contributed by atoms with Crippen molar-refractivity contribution in [2.45, 2.75) is 19.6 Å². The fourth-order valence-electron chi connectivity index (χ4n) is 1.71. The molecule has 0 saturated carbocycles. The van der Waals surface area contributed by atoms with Gasteiger partial charge in [0.1, 0.15) is 5.15 Å². The first kappa shape index (κ1) is 9.90. The van der Waals surface area contributed by atoms with Crippen molar-refractivity contribution in [1.29, 1.82) is 0 Å². The van der Waals surface area contributed by atoms with Gasteiger partial charge in [-0.1, -0.05) is 11.6 Å². The van der Waals surface area contributed by atoms with Crippen LogP contribution in [0.2, 0.25) is 5.15 Å². The van der Waals surface area contributed by atoms with Gasteiger partial charge in [0.15, 0.2) is 0 Å². The molecule has 0 fully saturated rings. The maximum atomic E-state index is 5.94. The van der Waals surface area contributed by atoms with E-state index in [-0.39, 0.29) is 0 Å². The maximum Gasteiger partial charge on any atom is 0.129 e. The van der Waals surface area contributed by atoms with Gasteiger partial charge in [0, 0.05) is 12.1 Å². The maximum absolute atomic E-state index is 5.94. The zero-order valence-electron chi connectivity index (χ0n) is 8.14. The SMILES string of the molecule is CNCc1nc(Cl)cc2c1COCC2. The lowest BCUT2D eigenvalue weighted by atomic mass is 10.0. The van der Waals surface area contributed by atoms with E-state index in [1.807, 2.05) is 13.1 Å². The van der Waals surface area contributed by atoms with Gasteiger partial charge >= 0.3 is 0 Å². The van der Waals surface area contributed by atoms with Crippen molar-refractivity contribution in [2.75, 3.05) is 13.7 Å². The van der Waals surface area contributed by atoms with E-state index in [1.165, 1.54) is 11.1 Å². The van der Waals surface area contributed by atoms with E-state index in [1.54, 1.807) is 0 Å². The molecule has 1 aliphatic heterocycles. The fraction of sp³-hybridized carbons (Fsp3) is 0.500. The zero-order chi connectivity index (χ0) is 9.97. The van der Waals surface area contributed by atoms with Crippen molar-refractivity contribution in [3.05, 3.63) is 28.0 Å². The molecular weight excluding hydrogens is 200 g/mol. The fourth-order valence-corrected chi connectivity index (χ4v) is 1.95. The Hall–Kier alpha value is -0.640. The summed E-state index contributed by atoms with van der Waals surface area (Å²) in [6, 6.07) is 1.94. The van der Waals surface area contributed by atoms with Crippen molar-refractivity contribution in [3.63, 3.8) is 0 Å². The van der Waals surface area contributed by atoms with Crippen LogP contribution in [0.3, 0.4) is 0 Å². The predicted molar refractivity (Wildman–Crippen MR) is 55.4 cm³/mol. The van der Waals surface area contributed by atoms with E-state index in [9.17, 15) is 0 Å². The molecule has 0 bridgehead atoms. The van der Waals surface area contributed by atoms with Crippen LogP contribution in [0.25, 0.3) is 0 Å². The predicted octanol–water partition coefficient (Wildman–Crippen LogP) is 1.53. The van der Waals surface area contributed by atoms with Gasteiger partial charge in [-0.3, -0.25) is 0 Å². The number of hydrogen-bond acceptors (Lipinski definition) is 3. The van der Waals surface area contributed by atoms with Crippen molar-refractivity contribution in [1.82, 2.24) is 10.3 Å². The summed E-state index contributed by atoms with van der Waals surface area (Å²) in [5.41, 5.74) is 3.49. The van der Waals surface area contributed by atoms with Crippen LogP contribution in [0.1, 0.15) is 16.8 Å². The molecule has 1 aliphatic rings. The molecule has 1 N–H and O–H groups in total. The molecule has 2 rings (SSSR count). The molecule has 0 atom stereocenters. The Morgan fingerprint density at radius 3 is 3.29 bits per heavy atom.